The second-order valence-corrected chi connectivity index (χ2v) is 8.54. The van der Waals surface area contributed by atoms with Gasteiger partial charge in [-0.1, -0.05) is 29.8 Å². The van der Waals surface area contributed by atoms with Crippen molar-refractivity contribution in [2.75, 3.05) is 18.5 Å². The van der Waals surface area contributed by atoms with Crippen LogP contribution in [0.15, 0.2) is 53.6 Å². The first-order chi connectivity index (χ1) is 16.4. The molecule has 1 fully saturated rings. The van der Waals surface area contributed by atoms with Crippen LogP contribution in [-0.4, -0.2) is 56.6 Å². The molecule has 10 nitrogen and oxygen atoms in total. The average molecular weight is 484 g/mol. The summed E-state index contributed by atoms with van der Waals surface area (Å²) in [5.41, 5.74) is 7.13. The monoisotopic (exact) mass is 483 g/mol. The molecule has 4 N–H and O–H groups in total. The molecule has 2 aliphatic rings. The quantitative estimate of drug-likeness (QED) is 0.548. The minimum atomic E-state index is -0.989. The number of hydrogen-bond donors (Lipinski definition) is 3. The minimum absolute atomic E-state index is 0.126. The number of hydrogen-bond acceptors (Lipinski definition) is 7. The van der Waals surface area contributed by atoms with Crippen LogP contribution in [0.3, 0.4) is 0 Å². The lowest BCUT2D eigenvalue weighted by Gasteiger charge is -2.23. The third-order valence-corrected chi connectivity index (χ3v) is 5.87. The van der Waals surface area contributed by atoms with Gasteiger partial charge in [-0.15, -0.1) is 0 Å². The maximum atomic E-state index is 12.9. The number of nitrogens with zero attached hydrogens (tertiary/aromatic N) is 4. The van der Waals surface area contributed by atoms with Crippen molar-refractivity contribution in [3.8, 4) is 5.82 Å². The number of aryl methyl sites for hydroxylation is 1. The second-order valence-electron chi connectivity index (χ2n) is 8.10. The fourth-order valence-corrected chi connectivity index (χ4v) is 3.87. The first-order valence-electron chi connectivity index (χ1n) is 11.0. The summed E-state index contributed by atoms with van der Waals surface area (Å²) in [4.78, 5) is 38.1. The van der Waals surface area contributed by atoms with Gasteiger partial charge in [0.2, 0.25) is 11.9 Å². The lowest BCUT2D eigenvalue weighted by Crippen LogP contribution is -2.45. The van der Waals surface area contributed by atoms with Gasteiger partial charge in [-0.2, -0.15) is 4.98 Å². The summed E-state index contributed by atoms with van der Waals surface area (Å²) >= 11 is 6.02. The number of nitrogens with two attached hydrogens (primary N) is 1. The van der Waals surface area contributed by atoms with E-state index in [1.807, 2.05) is 6.92 Å². The molecule has 2 aromatic heterocycles. The van der Waals surface area contributed by atoms with Crippen molar-refractivity contribution in [3.05, 3.63) is 64.9 Å². The van der Waals surface area contributed by atoms with Gasteiger partial charge < -0.3 is 21.1 Å². The van der Waals surface area contributed by atoms with Crippen LogP contribution in [0.5, 0.6) is 0 Å². The third-order valence-electron chi connectivity index (χ3n) is 5.59. The summed E-state index contributed by atoms with van der Waals surface area (Å²) in [6, 6.07) is -0.741. The number of carbonyl (C=O) groups excluding carboxylic acids is 2. The summed E-state index contributed by atoms with van der Waals surface area (Å²) in [5.74, 6) is -0.103. The van der Waals surface area contributed by atoms with Crippen LogP contribution in [0.1, 0.15) is 35.3 Å². The predicted molar refractivity (Wildman–Crippen MR) is 128 cm³/mol. The highest BCUT2D eigenvalue weighted by Gasteiger charge is 2.24. The van der Waals surface area contributed by atoms with Crippen molar-refractivity contribution < 1.29 is 14.3 Å². The zero-order chi connectivity index (χ0) is 24.1. The van der Waals surface area contributed by atoms with Gasteiger partial charge >= 0.3 is 0 Å². The fourth-order valence-electron chi connectivity index (χ4n) is 3.73. The van der Waals surface area contributed by atoms with Gasteiger partial charge in [0, 0.05) is 42.2 Å². The Labute approximate surface area is 202 Å². The van der Waals surface area contributed by atoms with Gasteiger partial charge in [0.15, 0.2) is 0 Å². The Morgan fingerprint density at radius 2 is 2.09 bits per heavy atom. The first-order valence-corrected chi connectivity index (χ1v) is 11.3. The van der Waals surface area contributed by atoms with Gasteiger partial charge in [-0.05, 0) is 37.8 Å². The van der Waals surface area contributed by atoms with Crippen molar-refractivity contribution in [1.29, 1.82) is 0 Å². The Hall–Kier alpha value is -3.50. The second kappa shape index (κ2) is 10.6. The number of carbonyl (C=O) groups is 2. The van der Waals surface area contributed by atoms with Gasteiger partial charge in [0.25, 0.3) is 5.91 Å². The highest BCUT2D eigenvalue weighted by molar-refractivity contribution is 6.31. The molecular weight excluding hydrogens is 458 g/mol. The van der Waals surface area contributed by atoms with E-state index in [1.165, 1.54) is 6.33 Å². The van der Waals surface area contributed by atoms with Crippen molar-refractivity contribution in [3.63, 3.8) is 0 Å². The van der Waals surface area contributed by atoms with E-state index in [4.69, 9.17) is 22.1 Å². The van der Waals surface area contributed by atoms with Crippen LogP contribution in [0.2, 0.25) is 0 Å². The van der Waals surface area contributed by atoms with Crippen molar-refractivity contribution in [1.82, 2.24) is 24.8 Å². The van der Waals surface area contributed by atoms with Crippen LogP contribution >= 0.6 is 11.6 Å². The molecular formula is C23H26ClN7O3. The van der Waals surface area contributed by atoms with Crippen molar-refractivity contribution in [2.24, 2.45) is 5.73 Å². The highest BCUT2D eigenvalue weighted by Crippen LogP contribution is 2.19. The van der Waals surface area contributed by atoms with Crippen LogP contribution in [0.4, 0.5) is 5.95 Å². The number of imidazole rings is 1. The fraction of sp³-hybridized carbons (Fsp3) is 0.348. The maximum Gasteiger partial charge on any atom is 0.272 e. The smallest absolute Gasteiger partial charge is 0.272 e. The third kappa shape index (κ3) is 5.70. The van der Waals surface area contributed by atoms with Gasteiger partial charge in [0.05, 0.1) is 0 Å². The Balaban J connectivity index is 1.49. The van der Waals surface area contributed by atoms with E-state index in [0.29, 0.717) is 42.0 Å². The molecule has 1 aliphatic heterocycles. The van der Waals surface area contributed by atoms with E-state index in [2.05, 4.69) is 25.6 Å². The highest BCUT2D eigenvalue weighted by atomic mass is 35.5. The number of amides is 2. The summed E-state index contributed by atoms with van der Waals surface area (Å²) in [7, 11) is 0. The molecule has 0 bridgehead atoms. The maximum absolute atomic E-state index is 12.9. The van der Waals surface area contributed by atoms with Crippen LogP contribution in [0, 0.1) is 6.92 Å². The number of allylic oxidation sites excluding steroid dienone is 5. The van der Waals surface area contributed by atoms with Crippen molar-refractivity contribution in [2.45, 2.75) is 38.3 Å². The number of anilines is 1. The first kappa shape index (κ1) is 23.7. The Morgan fingerprint density at radius 3 is 2.85 bits per heavy atom. The summed E-state index contributed by atoms with van der Waals surface area (Å²) in [5, 5.41) is 6.55. The predicted octanol–water partition coefficient (Wildman–Crippen LogP) is 2.15. The molecule has 2 aromatic rings. The Morgan fingerprint density at radius 1 is 1.29 bits per heavy atom. The standard InChI is InChI=1S/C23H26ClN7O3/c1-14-11-26-23(28-17-7-9-34-10-8-17)30-21(14)31-12-18(27-13-31)22(33)29-19(20(25)32)15-3-2-4-16(24)6-5-15/h2-4,6,11-13,17,19H,5,7-10H2,1H3,(H2,25,32)(H,29,33)(H,26,28,30). The molecule has 0 aromatic carbocycles. The van der Waals surface area contributed by atoms with E-state index in [9.17, 15) is 9.59 Å². The Bertz CT molecular complexity index is 1160. The number of primary amides is 1. The topological polar surface area (TPSA) is 137 Å². The van der Waals surface area contributed by atoms with Gasteiger partial charge in [-0.3, -0.25) is 14.2 Å². The number of aromatic nitrogens is 4. The van der Waals surface area contributed by atoms with Crippen LogP contribution < -0.4 is 16.4 Å². The zero-order valence-corrected chi connectivity index (χ0v) is 19.5. The zero-order valence-electron chi connectivity index (χ0n) is 18.7. The van der Waals surface area contributed by atoms with Crippen LogP contribution in [-0.2, 0) is 9.53 Å². The lowest BCUT2D eigenvalue weighted by atomic mass is 10.0. The molecule has 2 amide bonds. The molecule has 178 valence electrons. The molecule has 34 heavy (non-hydrogen) atoms. The van der Waals surface area contributed by atoms with E-state index in [0.717, 1.165) is 18.4 Å². The lowest BCUT2D eigenvalue weighted by molar-refractivity contribution is -0.119. The van der Waals surface area contributed by atoms with E-state index in [-0.39, 0.29) is 11.7 Å². The number of ether oxygens (including phenoxy) is 1. The van der Waals surface area contributed by atoms with Gasteiger partial charge in [-0.25, -0.2) is 9.97 Å². The summed E-state index contributed by atoms with van der Waals surface area (Å²) in [6.07, 6.45) is 13.8. The molecule has 1 saturated heterocycles. The van der Waals surface area contributed by atoms with Crippen molar-refractivity contribution >= 4 is 29.4 Å². The Kier molecular flexibility index (Phi) is 7.39. The average Bonchev–Trinajstić information content (AvgIpc) is 3.22. The number of halogens is 1. The largest absolute Gasteiger partial charge is 0.381 e. The van der Waals surface area contributed by atoms with Crippen LogP contribution in [0.25, 0.3) is 5.82 Å². The SMILES string of the molecule is Cc1cnc(NC2CCOCC2)nc1-n1cnc(C(=O)NC(C(N)=O)C2=CC=CC(Cl)=CC2)c1. The van der Waals surface area contributed by atoms with E-state index >= 15 is 0 Å². The minimum Gasteiger partial charge on any atom is -0.381 e. The molecule has 4 rings (SSSR count). The molecule has 1 atom stereocenters. The molecule has 0 saturated carbocycles. The normalized spacial score (nSPS) is 17.4. The molecule has 11 heteroatoms. The molecule has 3 heterocycles. The van der Waals surface area contributed by atoms with Gasteiger partial charge in [0.1, 0.15) is 23.9 Å². The summed E-state index contributed by atoms with van der Waals surface area (Å²) in [6.45, 7) is 3.29. The molecule has 0 radical (unpaired) electrons. The van der Waals surface area contributed by atoms with E-state index < -0.39 is 17.9 Å². The van der Waals surface area contributed by atoms with E-state index in [1.54, 1.807) is 41.3 Å². The number of rotatable bonds is 7. The number of nitrogens with one attached hydrogen (secondary N) is 2. The molecule has 0 spiro atoms. The molecule has 1 aliphatic carbocycles. The molecule has 1 unspecified atom stereocenters. The summed E-state index contributed by atoms with van der Waals surface area (Å²) < 4.78 is 7.04.